The third-order valence-corrected chi connectivity index (χ3v) is 5.62. The van der Waals surface area contributed by atoms with Gasteiger partial charge in [-0.3, -0.25) is 4.79 Å². The number of methoxy groups -OCH3 is 1. The predicted octanol–water partition coefficient (Wildman–Crippen LogP) is 4.54. The van der Waals surface area contributed by atoms with Gasteiger partial charge in [0, 0.05) is 10.4 Å². The number of thiazole rings is 1. The third kappa shape index (κ3) is 3.52. The quantitative estimate of drug-likeness (QED) is 0.873. The number of rotatable bonds is 4. The number of hydrogen-bond acceptors (Lipinski definition) is 5. The highest BCUT2D eigenvalue weighted by Crippen LogP contribution is 2.38. The molecule has 1 heterocycles. The fourth-order valence-corrected chi connectivity index (χ4v) is 4.06. The molecule has 5 nitrogen and oxygen atoms in total. The molecule has 1 amide bonds. The van der Waals surface area contributed by atoms with Crippen LogP contribution in [0.15, 0.2) is 24.3 Å². The number of benzene rings is 1. The van der Waals surface area contributed by atoms with E-state index in [9.17, 15) is 10.1 Å². The smallest absolute Gasteiger partial charge is 0.246 e. The normalized spacial score (nSPS) is 16.0. The summed E-state index contributed by atoms with van der Waals surface area (Å²) < 4.78 is 5.18. The number of nitrogens with one attached hydrogen (secondary N) is 1. The van der Waals surface area contributed by atoms with Crippen molar-refractivity contribution in [2.75, 3.05) is 12.4 Å². The fraction of sp³-hybridized carbons (Fsp3) is 0.421. The molecule has 1 aromatic carbocycles. The van der Waals surface area contributed by atoms with Crippen molar-refractivity contribution >= 4 is 22.4 Å². The number of amides is 1. The minimum atomic E-state index is -0.905. The van der Waals surface area contributed by atoms with Crippen LogP contribution in [0.3, 0.4) is 0 Å². The topological polar surface area (TPSA) is 75.0 Å². The van der Waals surface area contributed by atoms with Crippen molar-refractivity contribution in [1.29, 1.82) is 5.26 Å². The van der Waals surface area contributed by atoms with Crippen molar-refractivity contribution in [3.05, 3.63) is 29.1 Å². The fourth-order valence-electron chi connectivity index (χ4n) is 3.23. The summed E-state index contributed by atoms with van der Waals surface area (Å²) in [7, 11) is 1.63. The van der Waals surface area contributed by atoms with Crippen molar-refractivity contribution in [2.24, 2.45) is 5.41 Å². The average molecular weight is 355 g/mol. The molecule has 0 bridgehead atoms. The van der Waals surface area contributed by atoms with Crippen LogP contribution < -0.4 is 10.1 Å². The van der Waals surface area contributed by atoms with Crippen LogP contribution in [0.1, 0.15) is 37.0 Å². The number of carbonyl (C=O) groups excluding carboxylic acids is 1. The van der Waals surface area contributed by atoms with Gasteiger partial charge in [-0.15, -0.1) is 11.3 Å². The van der Waals surface area contributed by atoms with Gasteiger partial charge in [0.05, 0.1) is 18.9 Å². The highest BCUT2D eigenvalue weighted by atomic mass is 32.1. The van der Waals surface area contributed by atoms with Crippen LogP contribution in [0.4, 0.5) is 5.13 Å². The molecule has 0 spiro atoms. The van der Waals surface area contributed by atoms with Crippen LogP contribution in [-0.4, -0.2) is 18.0 Å². The van der Waals surface area contributed by atoms with Crippen LogP contribution in [0.5, 0.6) is 5.75 Å². The van der Waals surface area contributed by atoms with Crippen molar-refractivity contribution in [2.45, 2.75) is 39.0 Å². The molecule has 0 unspecified atom stereocenters. The summed E-state index contributed by atoms with van der Waals surface area (Å²) in [5.74, 6) is 0.572. The molecule has 6 heteroatoms. The van der Waals surface area contributed by atoms with Crippen molar-refractivity contribution in [3.63, 3.8) is 0 Å². The first-order valence-electron chi connectivity index (χ1n) is 8.42. The predicted molar refractivity (Wildman–Crippen MR) is 98.6 cm³/mol. The summed E-state index contributed by atoms with van der Waals surface area (Å²) in [6.45, 7) is 1.98. The van der Waals surface area contributed by atoms with Gasteiger partial charge in [0.1, 0.15) is 11.2 Å². The van der Waals surface area contributed by atoms with E-state index in [1.165, 1.54) is 11.3 Å². The molecule has 0 saturated heterocycles. The monoisotopic (exact) mass is 355 g/mol. The Hall–Kier alpha value is -2.39. The third-order valence-electron chi connectivity index (χ3n) is 4.74. The molecule has 1 aliphatic rings. The second-order valence-electron chi connectivity index (χ2n) is 6.36. The second-order valence-corrected chi connectivity index (χ2v) is 7.56. The first kappa shape index (κ1) is 17.4. The summed E-state index contributed by atoms with van der Waals surface area (Å²) in [4.78, 5) is 18.3. The number of ether oxygens (including phenoxy) is 1. The van der Waals surface area contributed by atoms with Crippen molar-refractivity contribution < 1.29 is 9.53 Å². The van der Waals surface area contributed by atoms with Gasteiger partial charge in [-0.1, -0.05) is 19.3 Å². The molecule has 0 atom stereocenters. The Labute approximate surface area is 151 Å². The minimum Gasteiger partial charge on any atom is -0.497 e. The SMILES string of the molecule is COc1ccc(-c2nc(NC(=O)C3(C#N)CCCCC3)sc2C)cc1. The molecule has 2 aromatic rings. The lowest BCUT2D eigenvalue weighted by Gasteiger charge is -2.28. The summed E-state index contributed by atoms with van der Waals surface area (Å²) in [5.41, 5.74) is 0.915. The summed E-state index contributed by atoms with van der Waals surface area (Å²) in [6, 6.07) is 9.93. The van der Waals surface area contributed by atoms with E-state index < -0.39 is 5.41 Å². The van der Waals surface area contributed by atoms with Crippen molar-refractivity contribution in [3.8, 4) is 23.1 Å². The van der Waals surface area contributed by atoms with Crippen LogP contribution in [0.2, 0.25) is 0 Å². The van der Waals surface area contributed by atoms with E-state index in [4.69, 9.17) is 4.74 Å². The molecule has 0 radical (unpaired) electrons. The maximum atomic E-state index is 12.7. The number of aryl methyl sites for hydroxylation is 1. The maximum absolute atomic E-state index is 12.7. The number of carbonyl (C=O) groups is 1. The number of anilines is 1. The Morgan fingerprint density at radius 1 is 1.28 bits per heavy atom. The molecule has 25 heavy (non-hydrogen) atoms. The number of nitrogens with zero attached hydrogens (tertiary/aromatic N) is 2. The van der Waals surface area contributed by atoms with E-state index >= 15 is 0 Å². The Kier molecular flexibility index (Phi) is 5.05. The number of nitriles is 1. The van der Waals surface area contributed by atoms with Crippen LogP contribution >= 0.6 is 11.3 Å². The standard InChI is InChI=1S/C19H21N3O2S/c1-13-16(14-6-8-15(24-2)9-7-14)21-18(25-13)22-17(23)19(12-20)10-4-3-5-11-19/h6-9H,3-5,10-11H2,1-2H3,(H,21,22,23). The van der Waals surface area contributed by atoms with E-state index in [2.05, 4.69) is 16.4 Å². The number of hydrogen-bond donors (Lipinski definition) is 1. The Morgan fingerprint density at radius 3 is 2.56 bits per heavy atom. The molecule has 1 saturated carbocycles. The Balaban J connectivity index is 1.80. The molecule has 3 rings (SSSR count). The Morgan fingerprint density at radius 2 is 1.96 bits per heavy atom. The lowest BCUT2D eigenvalue weighted by molar-refractivity contribution is -0.124. The maximum Gasteiger partial charge on any atom is 0.246 e. The molecule has 1 aromatic heterocycles. The van der Waals surface area contributed by atoms with E-state index in [1.54, 1.807) is 7.11 Å². The van der Waals surface area contributed by atoms with E-state index in [0.29, 0.717) is 18.0 Å². The largest absolute Gasteiger partial charge is 0.497 e. The summed E-state index contributed by atoms with van der Waals surface area (Å²) in [6.07, 6.45) is 4.20. The van der Waals surface area contributed by atoms with Gasteiger partial charge in [0.15, 0.2) is 5.13 Å². The van der Waals surface area contributed by atoms with Gasteiger partial charge >= 0.3 is 0 Å². The van der Waals surface area contributed by atoms with Crippen LogP contribution in [-0.2, 0) is 4.79 Å². The minimum absolute atomic E-state index is 0.218. The molecule has 1 aliphatic carbocycles. The molecular weight excluding hydrogens is 334 g/mol. The molecule has 130 valence electrons. The van der Waals surface area contributed by atoms with Crippen molar-refractivity contribution in [1.82, 2.24) is 4.98 Å². The van der Waals surface area contributed by atoms with Gasteiger partial charge in [-0.2, -0.15) is 5.26 Å². The van der Waals surface area contributed by atoms with Gasteiger partial charge in [-0.25, -0.2) is 4.98 Å². The van der Waals surface area contributed by atoms with E-state index in [1.807, 2.05) is 31.2 Å². The average Bonchev–Trinajstić information content (AvgIpc) is 3.02. The van der Waals surface area contributed by atoms with Gasteiger partial charge < -0.3 is 10.1 Å². The summed E-state index contributed by atoms with van der Waals surface area (Å²) >= 11 is 1.44. The zero-order chi connectivity index (χ0) is 17.9. The molecular formula is C19H21N3O2S. The van der Waals surface area contributed by atoms with Gasteiger partial charge in [-0.05, 0) is 44.0 Å². The van der Waals surface area contributed by atoms with E-state index in [-0.39, 0.29) is 5.91 Å². The highest BCUT2D eigenvalue weighted by molar-refractivity contribution is 7.16. The van der Waals surface area contributed by atoms with Crippen LogP contribution in [0.25, 0.3) is 11.3 Å². The highest BCUT2D eigenvalue weighted by Gasteiger charge is 2.40. The van der Waals surface area contributed by atoms with Gasteiger partial charge in [0.25, 0.3) is 0 Å². The zero-order valence-corrected chi connectivity index (χ0v) is 15.3. The molecule has 1 N–H and O–H groups in total. The zero-order valence-electron chi connectivity index (χ0n) is 14.5. The lowest BCUT2D eigenvalue weighted by atomic mass is 9.74. The van der Waals surface area contributed by atoms with E-state index in [0.717, 1.165) is 41.1 Å². The van der Waals surface area contributed by atoms with Gasteiger partial charge in [0.2, 0.25) is 5.91 Å². The first-order chi connectivity index (χ1) is 12.1. The molecule has 0 aliphatic heterocycles. The Bertz CT molecular complexity index is 799. The lowest BCUT2D eigenvalue weighted by Crippen LogP contribution is -2.36. The first-order valence-corrected chi connectivity index (χ1v) is 9.24. The van der Waals surface area contributed by atoms with Crippen LogP contribution in [0, 0.1) is 23.7 Å². The second kappa shape index (κ2) is 7.24. The summed E-state index contributed by atoms with van der Waals surface area (Å²) in [5, 5.41) is 13.0. The molecule has 1 fully saturated rings. The number of aromatic nitrogens is 1.